The molecule has 0 aliphatic heterocycles. The average Bonchev–Trinajstić information content (AvgIpc) is 2.55. The maximum Gasteiger partial charge on any atom is 0.337 e. The number of nitrogens with zero attached hydrogens (tertiary/aromatic N) is 1. The molecule has 2 rings (SSSR count). The van der Waals surface area contributed by atoms with Gasteiger partial charge in [-0.15, -0.1) is 0 Å². The van der Waals surface area contributed by atoms with Gasteiger partial charge in [-0.3, -0.25) is 0 Å². The Bertz CT molecular complexity index is 523. The van der Waals surface area contributed by atoms with Gasteiger partial charge in [0, 0.05) is 17.8 Å². The van der Waals surface area contributed by atoms with Gasteiger partial charge in [0.15, 0.2) is 0 Å². The first-order chi connectivity index (χ1) is 6.61. The van der Waals surface area contributed by atoms with Crippen molar-refractivity contribution in [2.75, 3.05) is 0 Å². The van der Waals surface area contributed by atoms with Gasteiger partial charge in [0.2, 0.25) is 0 Å². The van der Waals surface area contributed by atoms with Gasteiger partial charge in [0.25, 0.3) is 0 Å². The quantitative estimate of drug-likeness (QED) is 0.786. The maximum absolute atomic E-state index is 10.8. The third-order valence-electron chi connectivity index (χ3n) is 1.86. The number of H-pyrrole nitrogens is 1. The van der Waals surface area contributed by atoms with Crippen LogP contribution < -0.4 is 0 Å². The second-order valence-electron chi connectivity index (χ2n) is 2.66. The molecule has 0 saturated carbocycles. The van der Waals surface area contributed by atoms with E-state index in [9.17, 15) is 4.79 Å². The fraction of sp³-hybridized carbons (Fsp3) is 0. The van der Waals surface area contributed by atoms with E-state index in [2.05, 4.69) is 25.9 Å². The molecule has 6 heteroatoms. The van der Waals surface area contributed by atoms with Gasteiger partial charge in [-0.05, 0) is 15.9 Å². The van der Waals surface area contributed by atoms with Crippen molar-refractivity contribution >= 4 is 44.4 Å². The minimum absolute atomic E-state index is 0.168. The number of carbonyl (C=O) groups is 1. The van der Waals surface area contributed by atoms with E-state index in [1.807, 2.05) is 0 Å². The second-order valence-corrected chi connectivity index (χ2v) is 3.79. The highest BCUT2D eigenvalue weighted by Gasteiger charge is 2.14. The van der Waals surface area contributed by atoms with Crippen LogP contribution >= 0.6 is 27.5 Å². The Hall–Kier alpha value is -1.07. The van der Waals surface area contributed by atoms with Crippen molar-refractivity contribution in [3.8, 4) is 0 Å². The Morgan fingerprint density at radius 2 is 2.36 bits per heavy atom. The van der Waals surface area contributed by atoms with Crippen LogP contribution in [-0.4, -0.2) is 21.0 Å². The predicted molar refractivity (Wildman–Crippen MR) is 55.8 cm³/mol. The molecule has 0 radical (unpaired) electrons. The average molecular weight is 275 g/mol. The number of hydrogen-bond donors (Lipinski definition) is 2. The maximum atomic E-state index is 10.8. The van der Waals surface area contributed by atoms with Crippen molar-refractivity contribution in [3.05, 3.63) is 27.6 Å². The SMILES string of the molecule is O=C(O)c1c[nH]c2c(Cl)c(Br)ncc12. The lowest BCUT2D eigenvalue weighted by Crippen LogP contribution is -1.93. The molecule has 0 bridgehead atoms. The molecule has 0 saturated heterocycles. The van der Waals surface area contributed by atoms with Gasteiger partial charge in [-0.2, -0.15) is 0 Å². The summed E-state index contributed by atoms with van der Waals surface area (Å²) in [7, 11) is 0. The molecule has 0 atom stereocenters. The molecular weight excluding hydrogens is 271 g/mol. The minimum Gasteiger partial charge on any atom is -0.478 e. The Morgan fingerprint density at radius 3 is 3.00 bits per heavy atom. The zero-order valence-corrected chi connectivity index (χ0v) is 9.06. The molecule has 0 aromatic carbocycles. The Balaban J connectivity index is 2.83. The molecule has 72 valence electrons. The molecule has 2 N–H and O–H groups in total. The third-order valence-corrected chi connectivity index (χ3v) is 3.06. The molecule has 0 unspecified atom stereocenters. The van der Waals surface area contributed by atoms with E-state index in [0.717, 1.165) is 0 Å². The summed E-state index contributed by atoms with van der Waals surface area (Å²) in [6.45, 7) is 0. The van der Waals surface area contributed by atoms with E-state index in [4.69, 9.17) is 16.7 Å². The van der Waals surface area contributed by atoms with Crippen molar-refractivity contribution in [3.63, 3.8) is 0 Å². The van der Waals surface area contributed by atoms with Crippen LogP contribution in [0.3, 0.4) is 0 Å². The Labute approximate surface area is 92.0 Å². The minimum atomic E-state index is -1.00. The summed E-state index contributed by atoms with van der Waals surface area (Å²) in [5.74, 6) is -1.00. The number of halogens is 2. The van der Waals surface area contributed by atoms with Gasteiger partial charge in [-0.25, -0.2) is 9.78 Å². The van der Waals surface area contributed by atoms with Crippen LogP contribution in [0.2, 0.25) is 5.02 Å². The third kappa shape index (κ3) is 1.29. The summed E-state index contributed by atoms with van der Waals surface area (Å²) in [5, 5.41) is 9.72. The van der Waals surface area contributed by atoms with E-state index in [0.29, 0.717) is 20.5 Å². The number of aromatic nitrogens is 2. The van der Waals surface area contributed by atoms with Gasteiger partial charge in [0.1, 0.15) is 4.60 Å². The number of nitrogens with one attached hydrogen (secondary N) is 1. The summed E-state index contributed by atoms with van der Waals surface area (Å²) in [6.07, 6.45) is 2.86. The molecule has 2 aromatic heterocycles. The number of fused-ring (bicyclic) bond motifs is 1. The summed E-state index contributed by atoms with van der Waals surface area (Å²) in [4.78, 5) is 17.5. The van der Waals surface area contributed by atoms with Crippen molar-refractivity contribution in [2.45, 2.75) is 0 Å². The van der Waals surface area contributed by atoms with Crippen LogP contribution in [0.1, 0.15) is 10.4 Å². The fourth-order valence-electron chi connectivity index (χ4n) is 1.21. The molecule has 2 aromatic rings. The summed E-state index contributed by atoms with van der Waals surface area (Å²) < 4.78 is 0.491. The zero-order chi connectivity index (χ0) is 10.3. The van der Waals surface area contributed by atoms with Gasteiger partial charge < -0.3 is 10.1 Å². The van der Waals surface area contributed by atoms with Crippen LogP contribution in [0.15, 0.2) is 17.0 Å². The highest BCUT2D eigenvalue weighted by atomic mass is 79.9. The smallest absolute Gasteiger partial charge is 0.337 e. The Kier molecular flexibility index (Phi) is 2.20. The normalized spacial score (nSPS) is 10.7. The molecule has 0 amide bonds. The van der Waals surface area contributed by atoms with E-state index < -0.39 is 5.97 Å². The summed E-state index contributed by atoms with van der Waals surface area (Å²) >= 11 is 9.06. The summed E-state index contributed by atoms with van der Waals surface area (Å²) in [5.41, 5.74) is 0.743. The van der Waals surface area contributed by atoms with E-state index in [1.165, 1.54) is 12.4 Å². The number of aromatic amines is 1. The van der Waals surface area contributed by atoms with Crippen LogP contribution in [-0.2, 0) is 0 Å². The molecule has 14 heavy (non-hydrogen) atoms. The molecule has 0 spiro atoms. The highest BCUT2D eigenvalue weighted by molar-refractivity contribution is 9.10. The molecule has 2 heterocycles. The second kappa shape index (κ2) is 3.25. The zero-order valence-electron chi connectivity index (χ0n) is 6.71. The topological polar surface area (TPSA) is 66.0 Å². The summed E-state index contributed by atoms with van der Waals surface area (Å²) in [6, 6.07) is 0. The number of aromatic carboxylic acids is 1. The van der Waals surface area contributed by atoms with E-state index >= 15 is 0 Å². The molecule has 0 aliphatic carbocycles. The Morgan fingerprint density at radius 1 is 1.64 bits per heavy atom. The lowest BCUT2D eigenvalue weighted by Gasteiger charge is -1.96. The lowest BCUT2D eigenvalue weighted by atomic mass is 10.2. The number of rotatable bonds is 1. The monoisotopic (exact) mass is 274 g/mol. The number of pyridine rings is 1. The molecular formula is C8H4BrClN2O2. The highest BCUT2D eigenvalue weighted by Crippen LogP contribution is 2.29. The van der Waals surface area contributed by atoms with Crippen LogP contribution in [0.5, 0.6) is 0 Å². The van der Waals surface area contributed by atoms with Crippen molar-refractivity contribution in [1.82, 2.24) is 9.97 Å². The van der Waals surface area contributed by atoms with Crippen LogP contribution in [0.4, 0.5) is 0 Å². The van der Waals surface area contributed by atoms with E-state index in [-0.39, 0.29) is 5.56 Å². The predicted octanol–water partition coefficient (Wildman–Crippen LogP) is 2.68. The van der Waals surface area contributed by atoms with Gasteiger partial charge in [-0.1, -0.05) is 11.6 Å². The fourth-order valence-corrected chi connectivity index (χ4v) is 1.71. The number of carboxylic acids is 1. The van der Waals surface area contributed by atoms with Crippen molar-refractivity contribution < 1.29 is 9.90 Å². The molecule has 4 nitrogen and oxygen atoms in total. The first-order valence-corrected chi connectivity index (χ1v) is 4.82. The van der Waals surface area contributed by atoms with Gasteiger partial charge >= 0.3 is 5.97 Å². The first kappa shape index (κ1) is 9.48. The van der Waals surface area contributed by atoms with Crippen molar-refractivity contribution in [2.24, 2.45) is 0 Å². The number of carboxylic acid groups (broad SMARTS) is 1. The van der Waals surface area contributed by atoms with Gasteiger partial charge in [0.05, 0.1) is 16.1 Å². The molecule has 0 fully saturated rings. The number of hydrogen-bond acceptors (Lipinski definition) is 2. The standard InChI is InChI=1S/C8H4BrClN2O2/c9-7-5(10)6-3(1-12-7)4(2-11-6)8(13)14/h1-2,11H,(H,13,14). The van der Waals surface area contributed by atoms with Crippen LogP contribution in [0, 0.1) is 0 Å². The lowest BCUT2D eigenvalue weighted by molar-refractivity contribution is 0.0699. The van der Waals surface area contributed by atoms with Crippen molar-refractivity contribution in [1.29, 1.82) is 0 Å². The first-order valence-electron chi connectivity index (χ1n) is 3.65. The van der Waals surface area contributed by atoms with E-state index in [1.54, 1.807) is 0 Å². The largest absolute Gasteiger partial charge is 0.478 e. The molecule has 0 aliphatic rings. The van der Waals surface area contributed by atoms with Crippen LogP contribution in [0.25, 0.3) is 10.9 Å².